The van der Waals surface area contributed by atoms with Gasteiger partial charge >= 0.3 is 0 Å². The summed E-state index contributed by atoms with van der Waals surface area (Å²) in [5.41, 5.74) is 5.35. The van der Waals surface area contributed by atoms with Crippen LogP contribution < -0.4 is 0 Å². The quantitative estimate of drug-likeness (QED) is 0.454. The monoisotopic (exact) mass is 354 g/mol. The minimum absolute atomic E-state index is 0.750. The van der Waals surface area contributed by atoms with Crippen LogP contribution in [0.2, 0.25) is 0 Å². The van der Waals surface area contributed by atoms with Gasteiger partial charge in [0.05, 0.1) is 0 Å². The van der Waals surface area contributed by atoms with E-state index < -0.39 is 0 Å². The SMILES string of the molecule is Cc1ccccc1-c1ccccc1C.N=C=O.N=C=O.N=C=O.N=C=O. The molecule has 0 spiro atoms. The van der Waals surface area contributed by atoms with Gasteiger partial charge < -0.3 is 0 Å². The second kappa shape index (κ2) is 21.0. The molecule has 2 aromatic carbocycles. The lowest BCUT2D eigenvalue weighted by Crippen LogP contribution is -1.85. The van der Waals surface area contributed by atoms with E-state index in [0.29, 0.717) is 0 Å². The Balaban J connectivity index is -0.000000367. The Hall–Kier alpha value is -4.04. The molecule has 0 bridgehead atoms. The van der Waals surface area contributed by atoms with Gasteiger partial charge in [-0.05, 0) is 36.1 Å². The fourth-order valence-corrected chi connectivity index (χ4v) is 1.75. The molecule has 2 rings (SSSR count). The molecule has 0 unspecified atom stereocenters. The molecular formula is C18H18N4O4. The molecule has 0 aromatic heterocycles. The first-order chi connectivity index (χ1) is 12.4. The van der Waals surface area contributed by atoms with Gasteiger partial charge in [-0.2, -0.15) is 0 Å². The van der Waals surface area contributed by atoms with Crippen LogP contribution in [0.3, 0.4) is 0 Å². The third-order valence-electron chi connectivity index (χ3n) is 2.58. The summed E-state index contributed by atoms with van der Waals surface area (Å²) in [5.74, 6) is 0. The van der Waals surface area contributed by atoms with Gasteiger partial charge in [0.25, 0.3) is 0 Å². The van der Waals surface area contributed by atoms with E-state index in [-0.39, 0.29) is 0 Å². The predicted octanol–water partition coefficient (Wildman–Crippen LogP) is 3.57. The maximum absolute atomic E-state index is 8.35. The molecule has 0 atom stereocenters. The van der Waals surface area contributed by atoms with Crippen LogP contribution in [0.5, 0.6) is 0 Å². The molecule has 134 valence electrons. The number of aryl methyl sites for hydroxylation is 2. The second-order valence-electron chi connectivity index (χ2n) is 4.04. The molecular weight excluding hydrogens is 336 g/mol. The van der Waals surface area contributed by atoms with E-state index in [0.717, 1.165) is 24.3 Å². The van der Waals surface area contributed by atoms with Gasteiger partial charge in [-0.3, -0.25) is 0 Å². The number of hydrogen-bond acceptors (Lipinski definition) is 8. The van der Waals surface area contributed by atoms with Crippen LogP contribution in [0.25, 0.3) is 11.1 Å². The molecule has 4 N–H and O–H groups in total. The van der Waals surface area contributed by atoms with E-state index in [9.17, 15) is 0 Å². The third-order valence-corrected chi connectivity index (χ3v) is 2.58. The Morgan fingerprint density at radius 1 is 0.538 bits per heavy atom. The van der Waals surface area contributed by atoms with E-state index in [1.54, 1.807) is 0 Å². The average Bonchev–Trinajstić information content (AvgIpc) is 2.59. The van der Waals surface area contributed by atoms with E-state index in [2.05, 4.69) is 62.4 Å². The Morgan fingerprint density at radius 3 is 0.923 bits per heavy atom. The predicted molar refractivity (Wildman–Crippen MR) is 95.0 cm³/mol. The molecule has 0 aliphatic carbocycles. The molecule has 0 saturated heterocycles. The van der Waals surface area contributed by atoms with Gasteiger partial charge in [0.2, 0.25) is 24.3 Å². The van der Waals surface area contributed by atoms with Crippen molar-refractivity contribution in [2.75, 3.05) is 0 Å². The van der Waals surface area contributed by atoms with Crippen LogP contribution in [0.4, 0.5) is 0 Å². The van der Waals surface area contributed by atoms with Crippen molar-refractivity contribution in [2.45, 2.75) is 13.8 Å². The van der Waals surface area contributed by atoms with E-state index in [1.807, 2.05) is 0 Å². The highest BCUT2D eigenvalue weighted by molar-refractivity contribution is 5.70. The lowest BCUT2D eigenvalue weighted by molar-refractivity contribution is 0.562. The van der Waals surface area contributed by atoms with E-state index in [1.165, 1.54) is 22.3 Å². The van der Waals surface area contributed by atoms with Crippen LogP contribution >= 0.6 is 0 Å². The molecule has 8 heteroatoms. The fraction of sp³-hybridized carbons (Fsp3) is 0.111. The number of isocyanates is 4. The molecule has 0 radical (unpaired) electrons. The summed E-state index contributed by atoms with van der Waals surface area (Å²) in [6.45, 7) is 4.31. The smallest absolute Gasteiger partial charge is 0.222 e. The van der Waals surface area contributed by atoms with Crippen LogP contribution in [-0.2, 0) is 19.2 Å². The zero-order valence-corrected chi connectivity index (χ0v) is 14.3. The highest BCUT2D eigenvalue weighted by atomic mass is 16.1. The van der Waals surface area contributed by atoms with Crippen molar-refractivity contribution in [1.29, 1.82) is 21.6 Å². The first-order valence-corrected chi connectivity index (χ1v) is 6.72. The van der Waals surface area contributed by atoms with Gasteiger partial charge in [-0.25, -0.2) is 40.8 Å². The summed E-state index contributed by atoms with van der Waals surface area (Å²) in [6, 6.07) is 17.0. The highest BCUT2D eigenvalue weighted by Crippen LogP contribution is 2.25. The van der Waals surface area contributed by atoms with Crippen molar-refractivity contribution in [3.8, 4) is 11.1 Å². The first kappa shape index (κ1) is 26.8. The summed E-state index contributed by atoms with van der Waals surface area (Å²) >= 11 is 0. The summed E-state index contributed by atoms with van der Waals surface area (Å²) in [5, 5.41) is 21.6. The molecule has 0 aliphatic heterocycles. The number of hydrogen-bond donors (Lipinski definition) is 4. The van der Waals surface area contributed by atoms with Gasteiger partial charge in [0.1, 0.15) is 0 Å². The zero-order chi connectivity index (χ0) is 20.8. The molecule has 0 aliphatic rings. The maximum atomic E-state index is 8.35. The third kappa shape index (κ3) is 14.9. The van der Waals surface area contributed by atoms with Gasteiger partial charge in [0.15, 0.2) is 0 Å². The molecule has 0 fully saturated rings. The number of nitrogens with one attached hydrogen (secondary N) is 4. The van der Waals surface area contributed by atoms with Crippen molar-refractivity contribution in [3.05, 3.63) is 59.7 Å². The molecule has 0 saturated carbocycles. The standard InChI is InChI=1S/C14H14.4CHNO/c1-11-7-3-5-9-13(11)14-10-6-4-8-12(14)2;4*2-1-3/h3-10H,1-2H3;4*2H. The summed E-state index contributed by atoms with van der Waals surface area (Å²) in [7, 11) is 0. The van der Waals surface area contributed by atoms with Gasteiger partial charge in [-0.1, -0.05) is 48.5 Å². The number of carbonyl (C=O) groups excluding carboxylic acids is 4. The maximum Gasteiger partial charge on any atom is 0.231 e. The average molecular weight is 354 g/mol. The Labute approximate surface area is 150 Å². The van der Waals surface area contributed by atoms with E-state index >= 15 is 0 Å². The van der Waals surface area contributed by atoms with Crippen LogP contribution in [0.15, 0.2) is 48.5 Å². The first-order valence-electron chi connectivity index (χ1n) is 6.72. The summed E-state index contributed by atoms with van der Waals surface area (Å²) in [6.07, 6.45) is 3.00. The fourth-order valence-electron chi connectivity index (χ4n) is 1.75. The van der Waals surface area contributed by atoms with Crippen LogP contribution in [-0.4, -0.2) is 24.3 Å². The van der Waals surface area contributed by atoms with Gasteiger partial charge in [-0.15, -0.1) is 0 Å². The van der Waals surface area contributed by atoms with Crippen molar-refractivity contribution in [2.24, 2.45) is 0 Å². The molecule has 0 heterocycles. The van der Waals surface area contributed by atoms with Crippen molar-refractivity contribution >= 4 is 24.3 Å². The minimum atomic E-state index is 0.750. The second-order valence-corrected chi connectivity index (χ2v) is 4.04. The highest BCUT2D eigenvalue weighted by Gasteiger charge is 2.02. The van der Waals surface area contributed by atoms with Crippen LogP contribution in [0, 0.1) is 35.5 Å². The number of benzene rings is 2. The Morgan fingerprint density at radius 2 is 0.731 bits per heavy atom. The normalized spacial score (nSPS) is 6.69. The molecule has 26 heavy (non-hydrogen) atoms. The lowest BCUT2D eigenvalue weighted by atomic mass is 9.97. The minimum Gasteiger partial charge on any atom is -0.222 e. The Kier molecular flexibility index (Phi) is 21.6. The molecule has 8 nitrogen and oxygen atoms in total. The zero-order valence-electron chi connectivity index (χ0n) is 14.3. The lowest BCUT2D eigenvalue weighted by Gasteiger charge is -2.08. The summed E-state index contributed by atoms with van der Waals surface area (Å²) in [4.78, 5) is 33.4. The van der Waals surface area contributed by atoms with E-state index in [4.69, 9.17) is 40.8 Å². The van der Waals surface area contributed by atoms with Crippen molar-refractivity contribution in [3.63, 3.8) is 0 Å². The number of rotatable bonds is 1. The Bertz CT molecular complexity index is 688. The largest absolute Gasteiger partial charge is 0.231 e. The van der Waals surface area contributed by atoms with Crippen molar-refractivity contribution < 1.29 is 19.2 Å². The summed E-state index contributed by atoms with van der Waals surface area (Å²) < 4.78 is 0. The molecule has 2 aromatic rings. The van der Waals surface area contributed by atoms with Crippen molar-refractivity contribution in [1.82, 2.24) is 0 Å². The van der Waals surface area contributed by atoms with Gasteiger partial charge in [0, 0.05) is 0 Å². The molecule has 0 amide bonds. The van der Waals surface area contributed by atoms with Crippen LogP contribution in [0.1, 0.15) is 11.1 Å². The topological polar surface area (TPSA) is 164 Å².